The highest BCUT2D eigenvalue weighted by molar-refractivity contribution is 6.01. The summed E-state index contributed by atoms with van der Waals surface area (Å²) in [5.41, 5.74) is 0. The number of carbonyl (C=O) groups is 6. The molecule has 1 saturated heterocycles. The van der Waals surface area contributed by atoms with Crippen LogP contribution >= 0.6 is 0 Å². The zero-order valence-electron chi connectivity index (χ0n) is 13.2. The minimum atomic E-state index is -0.712. The van der Waals surface area contributed by atoms with Crippen molar-refractivity contribution in [2.45, 2.75) is 57.4 Å². The van der Waals surface area contributed by atoms with E-state index in [1.165, 1.54) is 0 Å². The van der Waals surface area contributed by atoms with E-state index < -0.39 is 23.8 Å². The zero-order valence-corrected chi connectivity index (χ0v) is 13.2. The van der Waals surface area contributed by atoms with Crippen LogP contribution in [0.4, 0.5) is 0 Å². The number of nitrogens with one attached hydrogen (secondary N) is 1. The van der Waals surface area contributed by atoms with Crippen LogP contribution in [0.3, 0.4) is 0 Å². The van der Waals surface area contributed by atoms with Gasteiger partial charge in [-0.05, 0) is 19.3 Å². The summed E-state index contributed by atoms with van der Waals surface area (Å²) in [6.07, 6.45) is 2.54. The molecule has 1 heterocycles. The SMILES string of the molecule is O=CCC[C@@H](C=O)NC(=O)CCCCC(=O)ON1C(=O)CCC1=O. The van der Waals surface area contributed by atoms with Gasteiger partial charge in [0.25, 0.3) is 11.8 Å². The van der Waals surface area contributed by atoms with Gasteiger partial charge in [-0.3, -0.25) is 14.4 Å². The average molecular weight is 340 g/mol. The maximum Gasteiger partial charge on any atom is 0.333 e. The first-order chi connectivity index (χ1) is 11.5. The molecule has 1 N–H and O–H groups in total. The average Bonchev–Trinajstić information content (AvgIpc) is 2.87. The monoisotopic (exact) mass is 340 g/mol. The van der Waals surface area contributed by atoms with E-state index in [0.717, 1.165) is 0 Å². The van der Waals surface area contributed by atoms with Crippen LogP contribution in [0.5, 0.6) is 0 Å². The highest BCUT2D eigenvalue weighted by Gasteiger charge is 2.32. The molecule has 1 fully saturated rings. The molecule has 0 bridgehead atoms. The molecule has 0 aromatic rings. The fourth-order valence-electron chi connectivity index (χ4n) is 2.06. The van der Waals surface area contributed by atoms with Crippen LogP contribution in [0.2, 0.25) is 0 Å². The van der Waals surface area contributed by atoms with Crippen molar-refractivity contribution in [1.29, 1.82) is 0 Å². The molecule has 0 radical (unpaired) electrons. The molecule has 0 unspecified atom stereocenters. The minimum absolute atomic E-state index is 0.0351. The summed E-state index contributed by atoms with van der Waals surface area (Å²) in [5.74, 6) is -2.14. The Labute approximate surface area is 138 Å². The summed E-state index contributed by atoms with van der Waals surface area (Å²) in [6, 6.07) is -0.695. The fraction of sp³-hybridized carbons (Fsp3) is 0.600. The van der Waals surface area contributed by atoms with Crippen molar-refractivity contribution in [3.8, 4) is 0 Å². The van der Waals surface area contributed by atoms with E-state index in [-0.39, 0.29) is 44.4 Å². The molecule has 9 nitrogen and oxygen atoms in total. The van der Waals surface area contributed by atoms with E-state index in [0.29, 0.717) is 30.5 Å². The molecule has 0 saturated carbocycles. The van der Waals surface area contributed by atoms with Gasteiger partial charge in [0.2, 0.25) is 5.91 Å². The molecule has 1 atom stereocenters. The Morgan fingerprint density at radius 1 is 1.12 bits per heavy atom. The molecule has 1 aliphatic heterocycles. The normalized spacial score (nSPS) is 15.1. The lowest BCUT2D eigenvalue weighted by molar-refractivity contribution is -0.197. The van der Waals surface area contributed by atoms with Crippen molar-refractivity contribution < 1.29 is 33.6 Å². The molecule has 0 spiro atoms. The highest BCUT2D eigenvalue weighted by Crippen LogP contribution is 2.13. The Balaban J connectivity index is 2.18. The van der Waals surface area contributed by atoms with Crippen LogP contribution in [-0.4, -0.2) is 47.4 Å². The van der Waals surface area contributed by atoms with Crippen LogP contribution < -0.4 is 5.32 Å². The first-order valence-electron chi connectivity index (χ1n) is 7.72. The number of unbranched alkanes of at least 4 members (excludes halogenated alkanes) is 1. The molecule has 1 aliphatic rings. The Hall–Kier alpha value is -2.58. The van der Waals surface area contributed by atoms with E-state index in [1.54, 1.807) is 0 Å². The number of hydrogen-bond acceptors (Lipinski definition) is 7. The van der Waals surface area contributed by atoms with Crippen molar-refractivity contribution in [2.24, 2.45) is 0 Å². The van der Waals surface area contributed by atoms with Gasteiger partial charge in [-0.15, -0.1) is 5.06 Å². The Morgan fingerprint density at radius 2 is 1.75 bits per heavy atom. The zero-order chi connectivity index (χ0) is 17.9. The van der Waals surface area contributed by atoms with E-state index in [9.17, 15) is 28.8 Å². The standard InChI is InChI=1S/C15H20N2O7/c18-9-3-4-11(10-19)16-12(20)5-1-2-6-15(23)24-17-13(21)7-8-14(17)22/h9-11H,1-8H2,(H,16,20)/t11-/m0/s1. The lowest BCUT2D eigenvalue weighted by atomic mass is 10.1. The van der Waals surface area contributed by atoms with Gasteiger partial charge in [0.15, 0.2) is 0 Å². The maximum absolute atomic E-state index is 11.6. The predicted molar refractivity (Wildman–Crippen MR) is 78.9 cm³/mol. The number of imide groups is 1. The molecule has 0 aromatic heterocycles. The van der Waals surface area contributed by atoms with Crippen LogP contribution in [0.15, 0.2) is 0 Å². The number of rotatable bonds is 11. The van der Waals surface area contributed by atoms with Crippen molar-refractivity contribution in [2.75, 3.05) is 0 Å². The molecular formula is C15H20N2O7. The Bertz CT molecular complexity index is 502. The van der Waals surface area contributed by atoms with Gasteiger partial charge in [0, 0.05) is 32.1 Å². The molecule has 9 heteroatoms. The predicted octanol–water partition coefficient (Wildman–Crippen LogP) is -0.183. The van der Waals surface area contributed by atoms with E-state index in [2.05, 4.69) is 10.2 Å². The number of aldehydes is 2. The van der Waals surface area contributed by atoms with Crippen molar-refractivity contribution in [3.63, 3.8) is 0 Å². The highest BCUT2D eigenvalue weighted by atomic mass is 16.7. The lowest BCUT2D eigenvalue weighted by Crippen LogP contribution is -2.35. The number of hydroxylamine groups is 2. The largest absolute Gasteiger partial charge is 0.347 e. The fourth-order valence-corrected chi connectivity index (χ4v) is 2.06. The van der Waals surface area contributed by atoms with Crippen LogP contribution in [0, 0.1) is 0 Å². The molecular weight excluding hydrogens is 320 g/mol. The lowest BCUT2D eigenvalue weighted by Gasteiger charge is -2.13. The topological polar surface area (TPSA) is 127 Å². The summed E-state index contributed by atoms with van der Waals surface area (Å²) >= 11 is 0. The van der Waals surface area contributed by atoms with Gasteiger partial charge in [-0.1, -0.05) is 0 Å². The molecule has 1 rings (SSSR count). The third-order valence-corrected chi connectivity index (χ3v) is 3.34. The molecule has 0 aromatic carbocycles. The minimum Gasteiger partial charge on any atom is -0.347 e. The second-order valence-electron chi connectivity index (χ2n) is 5.31. The smallest absolute Gasteiger partial charge is 0.333 e. The van der Waals surface area contributed by atoms with Gasteiger partial charge >= 0.3 is 5.97 Å². The van der Waals surface area contributed by atoms with Crippen molar-refractivity contribution in [1.82, 2.24) is 10.4 Å². The summed E-state index contributed by atoms with van der Waals surface area (Å²) < 4.78 is 0. The van der Waals surface area contributed by atoms with Crippen molar-refractivity contribution >= 4 is 36.3 Å². The Kier molecular flexibility index (Phi) is 8.31. The molecule has 3 amide bonds. The van der Waals surface area contributed by atoms with E-state index in [1.807, 2.05) is 0 Å². The first-order valence-corrected chi connectivity index (χ1v) is 7.72. The number of amides is 3. The maximum atomic E-state index is 11.6. The van der Waals surface area contributed by atoms with Gasteiger partial charge in [0.1, 0.15) is 12.6 Å². The number of carbonyl (C=O) groups excluding carboxylic acids is 6. The van der Waals surface area contributed by atoms with Gasteiger partial charge in [-0.25, -0.2) is 4.79 Å². The van der Waals surface area contributed by atoms with Gasteiger partial charge < -0.3 is 19.7 Å². The Morgan fingerprint density at radius 3 is 2.33 bits per heavy atom. The third kappa shape index (κ3) is 6.67. The van der Waals surface area contributed by atoms with Gasteiger partial charge in [0.05, 0.1) is 6.04 Å². The third-order valence-electron chi connectivity index (χ3n) is 3.34. The molecule has 132 valence electrons. The van der Waals surface area contributed by atoms with Crippen LogP contribution in [0.1, 0.15) is 51.4 Å². The second kappa shape index (κ2) is 10.2. The second-order valence-corrected chi connectivity index (χ2v) is 5.31. The summed E-state index contributed by atoms with van der Waals surface area (Å²) in [5, 5.41) is 2.96. The summed E-state index contributed by atoms with van der Waals surface area (Å²) in [6.45, 7) is 0. The van der Waals surface area contributed by atoms with Crippen LogP contribution in [0.25, 0.3) is 0 Å². The van der Waals surface area contributed by atoms with Crippen molar-refractivity contribution in [3.05, 3.63) is 0 Å². The summed E-state index contributed by atoms with van der Waals surface area (Å²) in [4.78, 5) is 71.3. The summed E-state index contributed by atoms with van der Waals surface area (Å²) in [7, 11) is 0. The van der Waals surface area contributed by atoms with E-state index >= 15 is 0 Å². The quantitative estimate of drug-likeness (QED) is 0.314. The number of hydrogen-bond donors (Lipinski definition) is 1. The first kappa shape index (κ1) is 19.5. The van der Waals surface area contributed by atoms with Gasteiger partial charge in [-0.2, -0.15) is 0 Å². The molecule has 0 aliphatic carbocycles. The van der Waals surface area contributed by atoms with E-state index in [4.69, 9.17) is 0 Å². The number of nitrogens with zero attached hydrogens (tertiary/aromatic N) is 1. The van der Waals surface area contributed by atoms with Crippen LogP contribution in [-0.2, 0) is 33.6 Å². The molecule has 24 heavy (non-hydrogen) atoms.